The summed E-state index contributed by atoms with van der Waals surface area (Å²) in [6, 6.07) is 46.3. The zero-order valence-corrected chi connectivity index (χ0v) is 24.2. The van der Waals surface area contributed by atoms with Crippen LogP contribution in [0, 0.1) is 11.8 Å². The third-order valence-corrected chi connectivity index (χ3v) is 15.0. The second kappa shape index (κ2) is 12.7. The predicted molar refractivity (Wildman–Crippen MR) is 170 cm³/mol. The SMILES string of the molecule is c1ccc(P(c2ccccc2)[C@H]2CCC[C@@H]2[C@H](C2CCCCC2)P(c2ccccc2)c2ccccc2)cc1. The third kappa shape index (κ3) is 5.69. The Labute approximate surface area is 232 Å². The van der Waals surface area contributed by atoms with Gasteiger partial charge in [-0.05, 0) is 85.9 Å². The average Bonchev–Trinajstić information content (AvgIpc) is 3.47. The first-order chi connectivity index (χ1) is 18.9. The molecule has 0 unspecified atom stereocenters. The van der Waals surface area contributed by atoms with Gasteiger partial charge in [0.2, 0.25) is 0 Å². The maximum absolute atomic E-state index is 2.44. The fourth-order valence-corrected chi connectivity index (χ4v) is 14.1. The van der Waals surface area contributed by atoms with E-state index >= 15 is 0 Å². The van der Waals surface area contributed by atoms with Crippen molar-refractivity contribution < 1.29 is 0 Å². The molecule has 4 aromatic rings. The number of benzene rings is 4. The van der Waals surface area contributed by atoms with Crippen molar-refractivity contribution >= 4 is 37.1 Å². The summed E-state index contributed by atoms with van der Waals surface area (Å²) in [5.41, 5.74) is 1.50. The Morgan fingerprint density at radius 2 is 0.895 bits per heavy atom. The quantitative estimate of drug-likeness (QED) is 0.199. The molecule has 0 nitrogen and oxygen atoms in total. The molecule has 38 heavy (non-hydrogen) atoms. The molecular weight excluding hydrogens is 494 g/mol. The molecule has 0 N–H and O–H groups in total. The van der Waals surface area contributed by atoms with Crippen molar-refractivity contribution in [2.75, 3.05) is 0 Å². The Morgan fingerprint density at radius 3 is 1.37 bits per heavy atom. The molecule has 2 heteroatoms. The van der Waals surface area contributed by atoms with Crippen molar-refractivity contribution in [1.82, 2.24) is 0 Å². The highest BCUT2D eigenvalue weighted by Crippen LogP contribution is 2.59. The second-order valence-electron chi connectivity index (χ2n) is 11.1. The van der Waals surface area contributed by atoms with Crippen LogP contribution in [0.15, 0.2) is 121 Å². The van der Waals surface area contributed by atoms with E-state index in [9.17, 15) is 0 Å². The summed E-state index contributed by atoms with van der Waals surface area (Å²) in [7, 11) is -0.824. The molecule has 0 bridgehead atoms. The molecule has 6 rings (SSSR count). The topological polar surface area (TPSA) is 0 Å². The lowest BCUT2D eigenvalue weighted by Gasteiger charge is -2.44. The van der Waals surface area contributed by atoms with E-state index in [2.05, 4.69) is 121 Å². The lowest BCUT2D eigenvalue weighted by atomic mass is 9.81. The van der Waals surface area contributed by atoms with E-state index in [0.717, 1.165) is 23.2 Å². The summed E-state index contributed by atoms with van der Waals surface area (Å²) in [4.78, 5) is 0. The van der Waals surface area contributed by atoms with Gasteiger partial charge in [-0.15, -0.1) is 0 Å². The highest BCUT2D eigenvalue weighted by atomic mass is 31.1. The van der Waals surface area contributed by atoms with E-state index in [1.807, 2.05) is 0 Å². The van der Waals surface area contributed by atoms with Crippen LogP contribution in [0.5, 0.6) is 0 Å². The molecular formula is C36H40P2. The average molecular weight is 535 g/mol. The molecule has 0 spiro atoms. The van der Waals surface area contributed by atoms with Crippen molar-refractivity contribution in [3.05, 3.63) is 121 Å². The van der Waals surface area contributed by atoms with Crippen molar-refractivity contribution in [1.29, 1.82) is 0 Å². The van der Waals surface area contributed by atoms with Crippen molar-refractivity contribution in [2.45, 2.75) is 62.7 Å². The molecule has 194 valence electrons. The van der Waals surface area contributed by atoms with Crippen molar-refractivity contribution in [3.63, 3.8) is 0 Å². The van der Waals surface area contributed by atoms with Crippen molar-refractivity contribution in [2.24, 2.45) is 11.8 Å². The maximum atomic E-state index is 2.44. The van der Waals surface area contributed by atoms with Gasteiger partial charge in [0.1, 0.15) is 0 Å². The Balaban J connectivity index is 1.47. The number of hydrogen-bond donors (Lipinski definition) is 0. The van der Waals surface area contributed by atoms with Crippen LogP contribution in [0.4, 0.5) is 0 Å². The first kappa shape index (κ1) is 26.0. The minimum Gasteiger partial charge on any atom is -0.0622 e. The first-order valence-electron chi connectivity index (χ1n) is 14.7. The van der Waals surface area contributed by atoms with Gasteiger partial charge in [-0.3, -0.25) is 0 Å². The van der Waals surface area contributed by atoms with Gasteiger partial charge in [-0.25, -0.2) is 0 Å². The standard InChI is InChI=1S/C36H40P2/c1-6-17-29(18-7-1)36(38(32-23-12-4-13-24-32)33-25-14-5-15-26-33)34-27-16-28-35(34)37(30-19-8-2-9-20-30)31-21-10-3-11-22-31/h2-5,8-15,19-26,29,34-36H,1,6-7,16-18,27-28H2/t34-,35-,36-/m0/s1. The van der Waals surface area contributed by atoms with E-state index in [1.54, 1.807) is 21.2 Å². The molecule has 0 aliphatic heterocycles. The molecule has 2 saturated carbocycles. The first-order valence-corrected chi connectivity index (χ1v) is 17.5. The molecule has 3 atom stereocenters. The van der Waals surface area contributed by atoms with Gasteiger partial charge in [0.05, 0.1) is 0 Å². The van der Waals surface area contributed by atoms with E-state index < -0.39 is 15.8 Å². The fraction of sp³-hybridized carbons (Fsp3) is 0.333. The molecule has 2 fully saturated rings. The van der Waals surface area contributed by atoms with Crippen LogP contribution < -0.4 is 21.2 Å². The summed E-state index contributed by atoms with van der Waals surface area (Å²) in [6.07, 6.45) is 11.2. The summed E-state index contributed by atoms with van der Waals surface area (Å²) in [5.74, 6) is 1.61. The van der Waals surface area contributed by atoms with E-state index in [1.165, 1.54) is 51.4 Å². The third-order valence-electron chi connectivity index (χ3n) is 8.87. The monoisotopic (exact) mass is 534 g/mol. The molecule has 2 aliphatic carbocycles. The Bertz CT molecular complexity index is 1160. The molecule has 0 heterocycles. The lowest BCUT2D eigenvalue weighted by molar-refractivity contribution is 0.300. The van der Waals surface area contributed by atoms with Crippen LogP contribution in [-0.4, -0.2) is 11.3 Å². The van der Waals surface area contributed by atoms with Gasteiger partial charge in [-0.1, -0.05) is 147 Å². The molecule has 2 aliphatic rings. The van der Waals surface area contributed by atoms with E-state index in [0.29, 0.717) is 0 Å². The van der Waals surface area contributed by atoms with Crippen LogP contribution in [0.1, 0.15) is 51.4 Å². The summed E-state index contributed by atoms with van der Waals surface area (Å²) in [6.45, 7) is 0. The smallest absolute Gasteiger partial charge is 0.00659 e. The molecule has 0 radical (unpaired) electrons. The Morgan fingerprint density at radius 1 is 0.447 bits per heavy atom. The Kier molecular flexibility index (Phi) is 8.71. The number of rotatable bonds is 8. The Hall–Kier alpha value is -2.26. The van der Waals surface area contributed by atoms with Gasteiger partial charge >= 0.3 is 0 Å². The maximum Gasteiger partial charge on any atom is -0.00659 e. The minimum absolute atomic E-state index is 0.397. The van der Waals surface area contributed by atoms with Gasteiger partial charge < -0.3 is 0 Å². The zero-order valence-electron chi connectivity index (χ0n) is 22.4. The van der Waals surface area contributed by atoms with E-state index in [4.69, 9.17) is 0 Å². The van der Waals surface area contributed by atoms with Crippen LogP contribution in [0.3, 0.4) is 0 Å². The normalized spacial score (nSPS) is 21.1. The molecule has 0 amide bonds. The highest BCUT2D eigenvalue weighted by Gasteiger charge is 2.45. The van der Waals surface area contributed by atoms with Crippen LogP contribution in [0.25, 0.3) is 0 Å². The van der Waals surface area contributed by atoms with Crippen LogP contribution >= 0.6 is 15.8 Å². The molecule has 4 aromatic carbocycles. The van der Waals surface area contributed by atoms with Crippen LogP contribution in [-0.2, 0) is 0 Å². The zero-order chi connectivity index (χ0) is 25.6. The summed E-state index contributed by atoms with van der Waals surface area (Å²) >= 11 is 0. The van der Waals surface area contributed by atoms with Crippen molar-refractivity contribution in [3.8, 4) is 0 Å². The predicted octanol–water partition coefficient (Wildman–Crippen LogP) is 8.37. The van der Waals surface area contributed by atoms with Gasteiger partial charge in [0.25, 0.3) is 0 Å². The molecule has 0 saturated heterocycles. The van der Waals surface area contributed by atoms with Gasteiger partial charge in [0.15, 0.2) is 0 Å². The molecule has 0 aromatic heterocycles. The largest absolute Gasteiger partial charge is 0.0622 e. The minimum atomic E-state index is -0.427. The number of hydrogen-bond acceptors (Lipinski definition) is 0. The summed E-state index contributed by atoms with van der Waals surface area (Å²) in [5, 5.41) is 6.30. The van der Waals surface area contributed by atoms with Crippen LogP contribution in [0.2, 0.25) is 0 Å². The summed E-state index contributed by atoms with van der Waals surface area (Å²) < 4.78 is 0. The lowest BCUT2D eigenvalue weighted by Crippen LogP contribution is -2.39. The highest BCUT2D eigenvalue weighted by molar-refractivity contribution is 7.74. The van der Waals surface area contributed by atoms with Gasteiger partial charge in [-0.2, -0.15) is 0 Å². The fourth-order valence-electron chi connectivity index (χ4n) is 7.30. The van der Waals surface area contributed by atoms with Gasteiger partial charge in [0, 0.05) is 0 Å². The second-order valence-corrected chi connectivity index (χ2v) is 15.9. The van der Waals surface area contributed by atoms with E-state index in [-0.39, 0.29) is 0 Å².